The molecule has 0 aromatic carbocycles. The van der Waals surface area contributed by atoms with Crippen LogP contribution in [0.1, 0.15) is 72.6 Å². The summed E-state index contributed by atoms with van der Waals surface area (Å²) in [6.07, 6.45) is 8.80. The van der Waals surface area contributed by atoms with Gasteiger partial charge in [-0.25, -0.2) is 0 Å². The Hall–Kier alpha value is -0.570. The summed E-state index contributed by atoms with van der Waals surface area (Å²) in [5.74, 6) is 2.49. The SMILES string of the molecule is CCCC1NC(CC(C)C)C(=O)N1CC1CCCC(C)C1. The summed E-state index contributed by atoms with van der Waals surface area (Å²) in [5.41, 5.74) is 0. The van der Waals surface area contributed by atoms with E-state index in [1.54, 1.807) is 0 Å². The number of rotatable bonds is 6. The lowest BCUT2D eigenvalue weighted by atomic mass is 9.82. The van der Waals surface area contributed by atoms with Crippen LogP contribution in [0, 0.1) is 17.8 Å². The zero-order valence-electron chi connectivity index (χ0n) is 14.4. The van der Waals surface area contributed by atoms with Crippen molar-refractivity contribution in [3.05, 3.63) is 0 Å². The third-order valence-corrected chi connectivity index (χ3v) is 5.12. The summed E-state index contributed by atoms with van der Waals surface area (Å²) in [4.78, 5) is 14.9. The minimum absolute atomic E-state index is 0.0579. The molecule has 0 radical (unpaired) electrons. The highest BCUT2D eigenvalue weighted by molar-refractivity contribution is 5.84. The molecule has 122 valence electrons. The molecule has 4 unspecified atom stereocenters. The fourth-order valence-electron chi connectivity index (χ4n) is 4.12. The van der Waals surface area contributed by atoms with Crippen molar-refractivity contribution < 1.29 is 4.79 Å². The van der Waals surface area contributed by atoms with E-state index in [-0.39, 0.29) is 12.2 Å². The van der Waals surface area contributed by atoms with Gasteiger partial charge in [0.2, 0.25) is 5.91 Å². The number of hydrogen-bond donors (Lipinski definition) is 1. The molecule has 0 spiro atoms. The van der Waals surface area contributed by atoms with Gasteiger partial charge in [0.25, 0.3) is 0 Å². The number of amides is 1. The Kier molecular flexibility index (Phi) is 6.09. The van der Waals surface area contributed by atoms with Crippen LogP contribution in [0.5, 0.6) is 0 Å². The van der Waals surface area contributed by atoms with Crippen molar-refractivity contribution in [1.29, 1.82) is 0 Å². The van der Waals surface area contributed by atoms with Gasteiger partial charge in [0, 0.05) is 6.54 Å². The van der Waals surface area contributed by atoms with Crippen molar-refractivity contribution in [1.82, 2.24) is 10.2 Å². The van der Waals surface area contributed by atoms with Crippen molar-refractivity contribution in [2.45, 2.75) is 84.8 Å². The molecule has 3 nitrogen and oxygen atoms in total. The first-order valence-electron chi connectivity index (χ1n) is 9.07. The molecular weight excluding hydrogens is 260 g/mol. The Bertz CT molecular complexity index is 342. The summed E-state index contributed by atoms with van der Waals surface area (Å²) in [7, 11) is 0. The zero-order chi connectivity index (χ0) is 15.4. The maximum Gasteiger partial charge on any atom is 0.241 e. The standard InChI is InChI=1S/C18H34N2O/c1-5-7-17-19-16(10-13(2)3)18(21)20(17)12-15-9-6-8-14(4)11-15/h13-17,19H,5-12H2,1-4H3. The van der Waals surface area contributed by atoms with Gasteiger partial charge in [-0.15, -0.1) is 0 Å². The van der Waals surface area contributed by atoms with E-state index in [0.29, 0.717) is 11.8 Å². The van der Waals surface area contributed by atoms with Gasteiger partial charge >= 0.3 is 0 Å². The topological polar surface area (TPSA) is 32.3 Å². The second-order valence-corrected chi connectivity index (χ2v) is 7.78. The highest BCUT2D eigenvalue weighted by atomic mass is 16.2. The Morgan fingerprint density at radius 2 is 2.10 bits per heavy atom. The van der Waals surface area contributed by atoms with Gasteiger partial charge in [0.15, 0.2) is 0 Å². The summed E-state index contributed by atoms with van der Waals surface area (Å²) in [5, 5.41) is 3.60. The minimum Gasteiger partial charge on any atom is -0.326 e. The first-order chi connectivity index (χ1) is 10.0. The van der Waals surface area contributed by atoms with Crippen molar-refractivity contribution in [3.63, 3.8) is 0 Å². The number of nitrogens with zero attached hydrogens (tertiary/aromatic N) is 1. The zero-order valence-corrected chi connectivity index (χ0v) is 14.4. The first-order valence-corrected chi connectivity index (χ1v) is 9.07. The molecule has 1 amide bonds. The predicted molar refractivity (Wildman–Crippen MR) is 87.9 cm³/mol. The normalized spacial score (nSPS) is 34.0. The van der Waals surface area contributed by atoms with Crippen molar-refractivity contribution in [2.75, 3.05) is 6.54 Å². The van der Waals surface area contributed by atoms with E-state index in [1.165, 1.54) is 25.7 Å². The third kappa shape index (κ3) is 4.45. The maximum atomic E-state index is 12.7. The van der Waals surface area contributed by atoms with Crippen LogP contribution in [-0.4, -0.2) is 29.6 Å². The van der Waals surface area contributed by atoms with Crippen LogP contribution < -0.4 is 5.32 Å². The summed E-state index contributed by atoms with van der Waals surface area (Å²) in [6, 6.07) is 0.0579. The molecule has 1 aliphatic carbocycles. The largest absolute Gasteiger partial charge is 0.326 e. The van der Waals surface area contributed by atoms with Crippen LogP contribution in [0.2, 0.25) is 0 Å². The lowest BCUT2D eigenvalue weighted by molar-refractivity contribution is -0.131. The summed E-state index contributed by atoms with van der Waals surface area (Å²) >= 11 is 0. The number of carbonyl (C=O) groups excluding carboxylic acids is 1. The highest BCUT2D eigenvalue weighted by Gasteiger charge is 2.39. The fourth-order valence-corrected chi connectivity index (χ4v) is 4.12. The quantitative estimate of drug-likeness (QED) is 0.808. The third-order valence-electron chi connectivity index (χ3n) is 5.12. The average Bonchev–Trinajstić information content (AvgIpc) is 2.67. The second kappa shape index (κ2) is 7.62. The number of carbonyl (C=O) groups is 1. The molecule has 2 fully saturated rings. The molecule has 1 saturated carbocycles. The molecule has 1 aliphatic heterocycles. The Labute approximate surface area is 130 Å². The molecule has 4 atom stereocenters. The van der Waals surface area contributed by atoms with Gasteiger partial charge in [-0.05, 0) is 43.4 Å². The molecule has 1 N–H and O–H groups in total. The first kappa shape index (κ1) is 16.8. The molecule has 3 heteroatoms. The van der Waals surface area contributed by atoms with Crippen LogP contribution in [0.15, 0.2) is 0 Å². The van der Waals surface area contributed by atoms with Crippen molar-refractivity contribution >= 4 is 5.91 Å². The predicted octanol–water partition coefficient (Wildman–Crippen LogP) is 3.79. The molecule has 1 heterocycles. The van der Waals surface area contributed by atoms with Gasteiger partial charge in [0.1, 0.15) is 0 Å². The number of hydrogen-bond acceptors (Lipinski definition) is 2. The smallest absolute Gasteiger partial charge is 0.241 e. The van der Waals surface area contributed by atoms with Crippen LogP contribution in [-0.2, 0) is 4.79 Å². The lowest BCUT2D eigenvalue weighted by Crippen LogP contribution is -2.41. The van der Waals surface area contributed by atoms with Gasteiger partial charge in [-0.1, -0.05) is 47.0 Å². The van der Waals surface area contributed by atoms with Crippen LogP contribution in [0.25, 0.3) is 0 Å². The average molecular weight is 294 g/mol. The van der Waals surface area contributed by atoms with E-state index < -0.39 is 0 Å². The number of nitrogens with one attached hydrogen (secondary N) is 1. The van der Waals surface area contributed by atoms with Crippen molar-refractivity contribution in [3.8, 4) is 0 Å². The highest BCUT2D eigenvalue weighted by Crippen LogP contribution is 2.31. The Morgan fingerprint density at radius 3 is 2.71 bits per heavy atom. The monoisotopic (exact) mass is 294 g/mol. The summed E-state index contributed by atoms with van der Waals surface area (Å²) in [6.45, 7) is 9.96. The van der Waals surface area contributed by atoms with E-state index in [9.17, 15) is 4.79 Å². The minimum atomic E-state index is 0.0579. The molecule has 0 aromatic heterocycles. The molecule has 2 rings (SSSR count). The van der Waals surface area contributed by atoms with Gasteiger partial charge in [-0.3, -0.25) is 10.1 Å². The van der Waals surface area contributed by atoms with E-state index in [2.05, 4.69) is 37.9 Å². The molecule has 2 aliphatic rings. The molecule has 0 aromatic rings. The maximum absolute atomic E-state index is 12.7. The Morgan fingerprint density at radius 1 is 1.33 bits per heavy atom. The van der Waals surface area contributed by atoms with E-state index in [1.807, 2.05) is 0 Å². The lowest BCUT2D eigenvalue weighted by Gasteiger charge is -2.32. The van der Waals surface area contributed by atoms with Crippen molar-refractivity contribution in [2.24, 2.45) is 17.8 Å². The van der Waals surface area contributed by atoms with Gasteiger partial charge in [0.05, 0.1) is 12.2 Å². The van der Waals surface area contributed by atoms with E-state index >= 15 is 0 Å². The fraction of sp³-hybridized carbons (Fsp3) is 0.944. The van der Waals surface area contributed by atoms with Gasteiger partial charge < -0.3 is 4.90 Å². The molecule has 1 saturated heterocycles. The second-order valence-electron chi connectivity index (χ2n) is 7.78. The van der Waals surface area contributed by atoms with E-state index in [0.717, 1.165) is 37.6 Å². The van der Waals surface area contributed by atoms with Crippen LogP contribution >= 0.6 is 0 Å². The molecule has 0 bridgehead atoms. The van der Waals surface area contributed by atoms with Gasteiger partial charge in [-0.2, -0.15) is 0 Å². The molecule has 21 heavy (non-hydrogen) atoms. The van der Waals surface area contributed by atoms with E-state index in [4.69, 9.17) is 0 Å². The summed E-state index contributed by atoms with van der Waals surface area (Å²) < 4.78 is 0. The Balaban J connectivity index is 1.98. The van der Waals surface area contributed by atoms with Crippen LogP contribution in [0.3, 0.4) is 0 Å². The van der Waals surface area contributed by atoms with Crippen LogP contribution in [0.4, 0.5) is 0 Å². The molecular formula is C18H34N2O.